The maximum Gasteiger partial charge on any atom is 0.331 e. The SMILES string of the molecule is C/C(=C\CCC(C)(C)O[C@@H]1OC(CO)[C@@H](O)C(O)[C@@H]1O[C@@H]1OC(CO)[C@@H](O)C(O)C1O)CC/C=C(\C)CC(O)/C=C(\C)C(=O)O. The van der Waals surface area contributed by atoms with E-state index < -0.39 is 92.3 Å². The van der Waals surface area contributed by atoms with E-state index >= 15 is 0 Å². The van der Waals surface area contributed by atoms with Crippen LogP contribution in [0, 0.1) is 0 Å². The largest absolute Gasteiger partial charge is 0.478 e. The molecule has 2 fully saturated rings. The number of aliphatic carboxylic acids is 1. The summed E-state index contributed by atoms with van der Waals surface area (Å²) < 4.78 is 23.0. The predicted molar refractivity (Wildman–Crippen MR) is 160 cm³/mol. The van der Waals surface area contributed by atoms with Crippen molar-refractivity contribution < 1.29 is 69.7 Å². The van der Waals surface area contributed by atoms with Gasteiger partial charge >= 0.3 is 5.97 Å². The average molecular weight is 649 g/mol. The molecule has 2 rings (SSSR count). The summed E-state index contributed by atoms with van der Waals surface area (Å²) in [5.74, 6) is -1.07. The lowest BCUT2D eigenvalue weighted by atomic mass is 9.96. The Bertz CT molecular complexity index is 1020. The zero-order valence-corrected chi connectivity index (χ0v) is 26.6. The Kier molecular flexibility index (Phi) is 15.7. The smallest absolute Gasteiger partial charge is 0.331 e. The van der Waals surface area contributed by atoms with Crippen molar-refractivity contribution in [1.82, 2.24) is 0 Å². The highest BCUT2D eigenvalue weighted by atomic mass is 16.8. The van der Waals surface area contributed by atoms with Gasteiger partial charge in [-0.2, -0.15) is 0 Å². The Morgan fingerprint density at radius 2 is 1.38 bits per heavy atom. The summed E-state index contributed by atoms with van der Waals surface area (Å²) in [5.41, 5.74) is 1.29. The summed E-state index contributed by atoms with van der Waals surface area (Å²) in [6, 6.07) is 0. The second kappa shape index (κ2) is 17.9. The number of hydrogen-bond donors (Lipinski definition) is 9. The standard InChI is InChI=1S/C31H52O14/c1-16(8-6-9-17(2)12-19(34)13-18(3)28(40)41)10-7-11-31(4,5)45-30-27(25(38)23(36)21(15-33)43-30)44-29-26(39)24(37)22(35)20(14-32)42-29/h9-10,13,19-27,29-30,32-39H,6-8,11-12,14-15H2,1-5H3,(H,40,41)/b16-10+,17-9+,18-13+/t19?,20?,21?,22-,23-,24?,25?,26?,27+,29+,30+/m1/s1. The number of aliphatic hydroxyl groups excluding tert-OH is 8. The number of hydrogen-bond acceptors (Lipinski definition) is 13. The van der Waals surface area contributed by atoms with Gasteiger partial charge in [0.1, 0.15) is 48.8 Å². The van der Waals surface area contributed by atoms with Gasteiger partial charge in [-0.25, -0.2) is 4.79 Å². The highest BCUT2D eigenvalue weighted by Crippen LogP contribution is 2.32. The van der Waals surface area contributed by atoms with Crippen molar-refractivity contribution in [3.05, 3.63) is 34.9 Å². The summed E-state index contributed by atoms with van der Waals surface area (Å²) in [5, 5.41) is 90.1. The Balaban J connectivity index is 2.00. The summed E-state index contributed by atoms with van der Waals surface area (Å²) in [6.45, 7) is 7.56. The monoisotopic (exact) mass is 648 g/mol. The molecule has 9 N–H and O–H groups in total. The number of ether oxygens (including phenoxy) is 4. The average Bonchev–Trinajstić information content (AvgIpc) is 2.96. The fraction of sp³-hybridized carbons (Fsp3) is 0.774. The summed E-state index contributed by atoms with van der Waals surface area (Å²) in [7, 11) is 0. The van der Waals surface area contributed by atoms with Crippen LogP contribution in [-0.2, 0) is 23.7 Å². The lowest BCUT2D eigenvalue weighted by Crippen LogP contribution is -2.65. The molecule has 0 spiro atoms. The number of rotatable bonds is 16. The van der Waals surface area contributed by atoms with Gasteiger partial charge in [0.2, 0.25) is 0 Å². The topological polar surface area (TPSA) is 236 Å². The molecule has 0 bridgehead atoms. The zero-order valence-electron chi connectivity index (χ0n) is 26.6. The van der Waals surface area contributed by atoms with E-state index in [0.29, 0.717) is 19.3 Å². The molecule has 2 aliphatic heterocycles. The van der Waals surface area contributed by atoms with Gasteiger partial charge in [0, 0.05) is 5.57 Å². The Morgan fingerprint density at radius 1 is 0.822 bits per heavy atom. The third kappa shape index (κ3) is 11.8. The van der Waals surface area contributed by atoms with Crippen molar-refractivity contribution in [3.8, 4) is 0 Å². The van der Waals surface area contributed by atoms with Crippen LogP contribution < -0.4 is 0 Å². The quantitative estimate of drug-likeness (QED) is 0.0768. The molecule has 0 amide bonds. The molecule has 2 saturated heterocycles. The molecule has 6 unspecified atom stereocenters. The fourth-order valence-electron chi connectivity index (χ4n) is 5.15. The van der Waals surface area contributed by atoms with Crippen LogP contribution in [-0.4, -0.2) is 138 Å². The predicted octanol–water partition coefficient (Wildman–Crippen LogP) is -0.359. The van der Waals surface area contributed by atoms with E-state index in [2.05, 4.69) is 6.08 Å². The molecule has 0 aliphatic carbocycles. The first-order valence-electron chi connectivity index (χ1n) is 15.2. The van der Waals surface area contributed by atoms with Crippen LogP contribution in [0.15, 0.2) is 34.9 Å². The van der Waals surface area contributed by atoms with E-state index in [9.17, 15) is 45.6 Å². The fourth-order valence-corrected chi connectivity index (χ4v) is 5.15. The molecular weight excluding hydrogens is 596 g/mol. The van der Waals surface area contributed by atoms with Gasteiger partial charge in [0.25, 0.3) is 0 Å². The van der Waals surface area contributed by atoms with E-state index in [4.69, 9.17) is 24.1 Å². The minimum absolute atomic E-state index is 0.0925. The third-order valence-corrected chi connectivity index (χ3v) is 7.98. The molecule has 0 aromatic rings. The van der Waals surface area contributed by atoms with Gasteiger partial charge in [-0.3, -0.25) is 0 Å². The lowest BCUT2D eigenvalue weighted by Gasteiger charge is -2.47. The Labute approximate surface area is 263 Å². The zero-order chi connectivity index (χ0) is 34.1. The molecule has 260 valence electrons. The van der Waals surface area contributed by atoms with Gasteiger partial charge in [-0.1, -0.05) is 23.3 Å². The van der Waals surface area contributed by atoms with Gasteiger partial charge in [-0.05, 0) is 72.8 Å². The van der Waals surface area contributed by atoms with Crippen LogP contribution in [0.25, 0.3) is 0 Å². The van der Waals surface area contributed by atoms with E-state index in [1.54, 1.807) is 13.8 Å². The molecule has 2 heterocycles. The van der Waals surface area contributed by atoms with Gasteiger partial charge in [0.05, 0.1) is 24.9 Å². The molecule has 14 heteroatoms. The van der Waals surface area contributed by atoms with Crippen LogP contribution in [0.2, 0.25) is 0 Å². The molecule has 45 heavy (non-hydrogen) atoms. The van der Waals surface area contributed by atoms with Crippen molar-refractivity contribution in [2.24, 2.45) is 0 Å². The molecular formula is C31H52O14. The second-order valence-electron chi connectivity index (χ2n) is 12.5. The maximum absolute atomic E-state index is 10.9. The van der Waals surface area contributed by atoms with Crippen molar-refractivity contribution >= 4 is 5.97 Å². The first-order chi connectivity index (χ1) is 21.0. The summed E-state index contributed by atoms with van der Waals surface area (Å²) >= 11 is 0. The molecule has 11 atom stereocenters. The Morgan fingerprint density at radius 3 is 1.96 bits per heavy atom. The van der Waals surface area contributed by atoms with Crippen molar-refractivity contribution in [2.45, 2.75) is 140 Å². The van der Waals surface area contributed by atoms with Gasteiger partial charge in [-0.15, -0.1) is 0 Å². The minimum atomic E-state index is -1.76. The molecule has 0 aromatic carbocycles. The maximum atomic E-state index is 10.9. The molecule has 14 nitrogen and oxygen atoms in total. The molecule has 2 aliphatic rings. The highest BCUT2D eigenvalue weighted by Gasteiger charge is 2.51. The van der Waals surface area contributed by atoms with Crippen LogP contribution in [0.1, 0.15) is 66.7 Å². The number of aliphatic hydroxyl groups is 8. The van der Waals surface area contributed by atoms with Crippen molar-refractivity contribution in [3.63, 3.8) is 0 Å². The van der Waals surface area contributed by atoms with Crippen LogP contribution in [0.4, 0.5) is 0 Å². The van der Waals surface area contributed by atoms with Gasteiger partial charge in [0.15, 0.2) is 12.6 Å². The van der Waals surface area contributed by atoms with Crippen molar-refractivity contribution in [1.29, 1.82) is 0 Å². The van der Waals surface area contributed by atoms with E-state index in [1.165, 1.54) is 13.0 Å². The first kappa shape index (κ1) is 39.4. The van der Waals surface area contributed by atoms with Crippen LogP contribution in [0.3, 0.4) is 0 Å². The molecule has 0 saturated carbocycles. The normalized spacial score (nSPS) is 34.6. The van der Waals surface area contributed by atoms with Gasteiger partial charge < -0.3 is 64.9 Å². The second-order valence-corrected chi connectivity index (χ2v) is 12.5. The summed E-state index contributed by atoms with van der Waals surface area (Å²) in [6.07, 6.45) is -7.74. The van der Waals surface area contributed by atoms with Crippen molar-refractivity contribution in [2.75, 3.05) is 13.2 Å². The van der Waals surface area contributed by atoms with E-state index in [-0.39, 0.29) is 5.57 Å². The van der Waals surface area contributed by atoms with Crippen LogP contribution in [0.5, 0.6) is 0 Å². The third-order valence-electron chi connectivity index (χ3n) is 7.98. The van der Waals surface area contributed by atoms with E-state index in [0.717, 1.165) is 24.0 Å². The minimum Gasteiger partial charge on any atom is -0.478 e. The number of carboxylic acid groups (broad SMARTS) is 1. The molecule has 0 aromatic heterocycles. The molecule has 0 radical (unpaired) electrons. The Hall–Kier alpha value is -1.79. The number of carbonyl (C=O) groups is 1. The lowest BCUT2D eigenvalue weighted by molar-refractivity contribution is -0.377. The first-order valence-corrected chi connectivity index (χ1v) is 15.2. The van der Waals surface area contributed by atoms with E-state index in [1.807, 2.05) is 19.9 Å². The highest BCUT2D eigenvalue weighted by molar-refractivity contribution is 5.85. The summed E-state index contributed by atoms with van der Waals surface area (Å²) in [4.78, 5) is 10.9. The van der Waals surface area contributed by atoms with Crippen LogP contribution >= 0.6 is 0 Å². The number of allylic oxidation sites excluding steroid dienone is 3. The number of carboxylic acids is 1.